The summed E-state index contributed by atoms with van der Waals surface area (Å²) in [6.45, 7) is 4.66. The first kappa shape index (κ1) is 63.3. The maximum absolute atomic E-state index is 12.8. The number of carboxylic acid groups (broad SMARTS) is 1. The van der Waals surface area contributed by atoms with E-state index < -0.39 is 18.1 Å². The molecule has 0 aromatic heterocycles. The van der Waals surface area contributed by atoms with Crippen molar-refractivity contribution >= 4 is 17.9 Å². The Morgan fingerprint density at radius 2 is 0.848 bits per heavy atom. The Hall–Kier alpha value is -2.71. The van der Waals surface area contributed by atoms with Gasteiger partial charge in [-0.2, -0.15) is 0 Å². The summed E-state index contributed by atoms with van der Waals surface area (Å²) in [5, 5.41) is 9.67. The number of aliphatic carboxylic acids is 1. The van der Waals surface area contributed by atoms with Crippen LogP contribution < -0.4 is 0 Å². The Morgan fingerprint density at radius 1 is 0.470 bits per heavy atom. The van der Waals surface area contributed by atoms with Crippen molar-refractivity contribution in [3.05, 3.63) is 48.6 Å². The van der Waals surface area contributed by atoms with Gasteiger partial charge in [0, 0.05) is 19.3 Å². The van der Waals surface area contributed by atoms with E-state index in [1.165, 1.54) is 154 Å². The van der Waals surface area contributed by atoms with Gasteiger partial charge in [0.15, 0.2) is 12.1 Å². The van der Waals surface area contributed by atoms with Gasteiger partial charge in [0.25, 0.3) is 0 Å². The molecule has 2 atom stereocenters. The third kappa shape index (κ3) is 46.4. The highest BCUT2D eigenvalue weighted by molar-refractivity contribution is 5.72. The van der Waals surface area contributed by atoms with E-state index in [-0.39, 0.29) is 36.2 Å². The molecule has 0 fully saturated rings. The molecule has 0 bridgehead atoms. The number of carbonyl (C=O) groups excluding carboxylic acids is 2. The fourth-order valence-electron chi connectivity index (χ4n) is 8.26. The van der Waals surface area contributed by atoms with Gasteiger partial charge < -0.3 is 23.8 Å². The minimum absolute atomic E-state index is 0.0498. The number of unbranched alkanes of at least 4 members (excludes halogenated alkanes) is 28. The highest BCUT2D eigenvalue weighted by atomic mass is 16.6. The van der Waals surface area contributed by atoms with Gasteiger partial charge in [0.05, 0.1) is 34.4 Å². The molecule has 8 heteroatoms. The van der Waals surface area contributed by atoms with Gasteiger partial charge in [0.1, 0.15) is 6.61 Å². The van der Waals surface area contributed by atoms with Crippen LogP contribution in [0.1, 0.15) is 251 Å². The molecule has 0 radical (unpaired) electrons. The molecular weight excluding hydrogens is 823 g/mol. The smallest absolute Gasteiger partial charge is 0.362 e. The van der Waals surface area contributed by atoms with Crippen molar-refractivity contribution < 1.29 is 38.2 Å². The van der Waals surface area contributed by atoms with Gasteiger partial charge in [-0.1, -0.05) is 229 Å². The third-order valence-electron chi connectivity index (χ3n) is 12.5. The van der Waals surface area contributed by atoms with Crippen LogP contribution in [0.5, 0.6) is 0 Å². The van der Waals surface area contributed by atoms with E-state index in [0.717, 1.165) is 64.2 Å². The predicted octanol–water partition coefficient (Wildman–Crippen LogP) is 16.3. The summed E-state index contributed by atoms with van der Waals surface area (Å²) in [6.07, 6.45) is 60.2. The Morgan fingerprint density at radius 3 is 1.26 bits per heavy atom. The highest BCUT2D eigenvalue weighted by Gasteiger charge is 2.31. The molecule has 0 rings (SSSR count). The van der Waals surface area contributed by atoms with Crippen molar-refractivity contribution in [3.8, 4) is 0 Å². The molecule has 0 aromatic rings. The van der Waals surface area contributed by atoms with Gasteiger partial charge >= 0.3 is 17.9 Å². The van der Waals surface area contributed by atoms with Crippen molar-refractivity contribution in [2.24, 2.45) is 0 Å². The summed E-state index contributed by atoms with van der Waals surface area (Å²) >= 11 is 0. The van der Waals surface area contributed by atoms with Gasteiger partial charge in [-0.25, -0.2) is 4.79 Å². The zero-order valence-electron chi connectivity index (χ0n) is 43.9. The number of nitrogens with zero attached hydrogens (tertiary/aromatic N) is 1. The molecule has 0 aliphatic carbocycles. The lowest BCUT2D eigenvalue weighted by Crippen LogP contribution is -2.50. The molecule has 0 heterocycles. The van der Waals surface area contributed by atoms with Crippen LogP contribution >= 0.6 is 0 Å². The quantitative estimate of drug-likeness (QED) is 0.0281. The Bertz CT molecular complexity index is 1220. The van der Waals surface area contributed by atoms with E-state index in [1.54, 1.807) is 0 Å². The van der Waals surface area contributed by atoms with Crippen molar-refractivity contribution in [2.75, 3.05) is 41.0 Å². The fourth-order valence-corrected chi connectivity index (χ4v) is 8.26. The van der Waals surface area contributed by atoms with Gasteiger partial charge in [-0.15, -0.1) is 0 Å². The number of esters is 2. The molecule has 0 aliphatic heterocycles. The van der Waals surface area contributed by atoms with Gasteiger partial charge in [0.2, 0.25) is 0 Å². The fraction of sp³-hybridized carbons (Fsp3) is 0.810. The van der Waals surface area contributed by atoms with Crippen LogP contribution in [0.4, 0.5) is 0 Å². The molecule has 0 saturated heterocycles. The first-order valence-electron chi connectivity index (χ1n) is 27.7. The van der Waals surface area contributed by atoms with E-state index in [2.05, 4.69) is 62.5 Å². The van der Waals surface area contributed by atoms with Crippen LogP contribution in [0.2, 0.25) is 0 Å². The van der Waals surface area contributed by atoms with Gasteiger partial charge in [-0.05, 0) is 51.4 Å². The Kier molecular flexibility index (Phi) is 46.7. The van der Waals surface area contributed by atoms with Crippen molar-refractivity contribution in [3.63, 3.8) is 0 Å². The molecule has 2 unspecified atom stereocenters. The average Bonchev–Trinajstić information content (AvgIpc) is 3.28. The molecule has 0 aromatic carbocycles. The summed E-state index contributed by atoms with van der Waals surface area (Å²) in [6, 6.07) is -0.616. The summed E-state index contributed by atoms with van der Waals surface area (Å²) < 4.78 is 17.4. The lowest BCUT2D eigenvalue weighted by atomic mass is 10.0. The lowest BCUT2D eigenvalue weighted by Gasteiger charge is -2.31. The normalized spacial score (nSPS) is 13.2. The third-order valence-corrected chi connectivity index (χ3v) is 12.5. The number of hydrogen-bond donors (Lipinski definition) is 1. The second-order valence-corrected chi connectivity index (χ2v) is 19.8. The first-order valence-corrected chi connectivity index (χ1v) is 27.7. The number of carboxylic acids is 1. The van der Waals surface area contributed by atoms with Crippen molar-refractivity contribution in [1.82, 2.24) is 0 Å². The minimum Gasteiger partial charge on any atom is -0.477 e. The number of hydrogen-bond acceptors (Lipinski definition) is 6. The number of quaternary nitrogens is 1. The van der Waals surface area contributed by atoms with E-state index in [1.807, 2.05) is 21.1 Å². The van der Waals surface area contributed by atoms with E-state index >= 15 is 0 Å². The number of rotatable bonds is 50. The van der Waals surface area contributed by atoms with E-state index in [0.29, 0.717) is 19.3 Å². The lowest BCUT2D eigenvalue weighted by molar-refractivity contribution is -0.887. The second kappa shape index (κ2) is 48.7. The Labute approximate surface area is 407 Å². The highest BCUT2D eigenvalue weighted by Crippen LogP contribution is 2.17. The molecule has 0 amide bonds. The molecule has 0 spiro atoms. The number of ether oxygens (including phenoxy) is 3. The van der Waals surface area contributed by atoms with Crippen LogP contribution in [0.3, 0.4) is 0 Å². The van der Waals surface area contributed by atoms with Crippen LogP contribution in [0.15, 0.2) is 48.6 Å². The predicted molar refractivity (Wildman–Crippen MR) is 280 cm³/mol. The average molecular weight is 929 g/mol. The van der Waals surface area contributed by atoms with Crippen LogP contribution in [0.25, 0.3) is 0 Å². The Balaban J connectivity index is 4.18. The summed E-state index contributed by atoms with van der Waals surface area (Å²) in [5.41, 5.74) is 0. The second-order valence-electron chi connectivity index (χ2n) is 19.8. The van der Waals surface area contributed by atoms with Crippen molar-refractivity contribution in [2.45, 2.75) is 264 Å². The van der Waals surface area contributed by atoms with Gasteiger partial charge in [-0.3, -0.25) is 9.59 Å². The molecule has 0 aliphatic rings. The largest absolute Gasteiger partial charge is 0.477 e. The molecule has 66 heavy (non-hydrogen) atoms. The molecular formula is C58H106NO7+. The van der Waals surface area contributed by atoms with E-state index in [4.69, 9.17) is 14.2 Å². The maximum atomic E-state index is 12.8. The van der Waals surface area contributed by atoms with E-state index in [9.17, 15) is 19.5 Å². The van der Waals surface area contributed by atoms with Crippen molar-refractivity contribution in [1.29, 1.82) is 0 Å². The molecule has 384 valence electrons. The summed E-state index contributed by atoms with van der Waals surface area (Å²) in [5.74, 6) is -1.46. The maximum Gasteiger partial charge on any atom is 0.362 e. The summed E-state index contributed by atoms with van der Waals surface area (Å²) in [4.78, 5) is 37.2. The zero-order chi connectivity index (χ0) is 48.4. The SMILES string of the molecule is CC/C=C/C/C=C/C/C=C/C/C=C/CCCCCCCCCCCCC(=O)OC(COCCC(C(=O)O)[N+](C)(C)C)COC(=O)CCCCCCCCCCCCCCCCCCCCC. The minimum atomic E-state index is -0.873. The molecule has 1 N–H and O–H groups in total. The molecule has 0 saturated carbocycles. The zero-order valence-corrected chi connectivity index (χ0v) is 43.9. The first-order chi connectivity index (χ1) is 32.1. The number of likely N-dealkylation sites (N-methyl/N-ethyl adjacent to an activating group) is 1. The summed E-state index contributed by atoms with van der Waals surface area (Å²) in [7, 11) is 5.54. The van der Waals surface area contributed by atoms with Crippen LogP contribution in [-0.2, 0) is 28.6 Å². The standard InChI is InChI=1S/C58H105NO7/c1-6-8-10-12-14-16-18-20-22-24-26-27-28-29-31-33-35-37-39-41-43-45-47-49-57(61)66-54(52-64-51-50-55(58(62)63)59(3,4)5)53-65-56(60)48-46-44-42-40-38-36-34-32-30-25-23-21-19-17-15-13-11-9-7-2/h8,10,14,16,20,22,26-27,54-55H,6-7,9,11-13,15,17-19,21,23-25,28-53H2,1-5H3/p+1/b10-8+,16-14+,22-20+,27-26+. The number of carbonyl (C=O) groups is 3. The molecule has 8 nitrogen and oxygen atoms in total. The van der Waals surface area contributed by atoms with Crippen LogP contribution in [-0.4, -0.2) is 80.6 Å². The topological polar surface area (TPSA) is 99.1 Å². The van der Waals surface area contributed by atoms with Crippen LogP contribution in [0, 0.1) is 0 Å². The monoisotopic (exact) mass is 929 g/mol. The number of allylic oxidation sites excluding steroid dienone is 8.